The zero-order valence-electron chi connectivity index (χ0n) is 31.4. The van der Waals surface area contributed by atoms with Gasteiger partial charge in [0, 0.05) is 51.3 Å². The average Bonchev–Trinajstić information content (AvgIpc) is 3.71. The summed E-state index contributed by atoms with van der Waals surface area (Å²) in [6, 6.07) is 49.8. The minimum absolute atomic E-state index is 0.0751. The van der Waals surface area contributed by atoms with Gasteiger partial charge in [-0.15, -0.1) is 0 Å². The fraction of sp³-hybridized carbons (Fsp3) is 0.100. The van der Waals surface area contributed by atoms with E-state index in [0.717, 1.165) is 61.1 Å². The number of nitrogens with zero attached hydrogens (tertiary/aromatic N) is 4. The van der Waals surface area contributed by atoms with E-state index >= 15 is 0 Å². The highest BCUT2D eigenvalue weighted by Gasteiger charge is 2.37. The molecule has 1 aliphatic rings. The molecule has 0 fully saturated rings. The van der Waals surface area contributed by atoms with Crippen molar-refractivity contribution in [3.63, 3.8) is 0 Å². The van der Waals surface area contributed by atoms with Gasteiger partial charge in [0.1, 0.15) is 11.2 Å². The Kier molecular flexibility index (Phi) is 8.35. The lowest BCUT2D eigenvalue weighted by Gasteiger charge is -2.24. The molecule has 6 aromatic carbocycles. The Bertz CT molecular complexity index is 2770. The summed E-state index contributed by atoms with van der Waals surface area (Å²) < 4.78 is 6.63. The highest BCUT2D eigenvalue weighted by molar-refractivity contribution is 6.10. The standard InChI is InChI=1S/C50H40N4O/c1-6-42-40(37-23-13-15-26-43(37)50(42,3)4)30-32(2)36-22-14-16-27-44(36)54(5)35-28-29-45-41(31-35)38-24-17-25-39(46(38)55-45)49-52-47(33-18-9-7-10-19-33)51-48(53-49)34-20-11-8-12-21-34/h6-31H,2H2,1,3-5H3/b40-30-,42-6+. The molecule has 1 aliphatic carbocycles. The van der Waals surface area contributed by atoms with Gasteiger partial charge in [-0.25, -0.2) is 15.0 Å². The number of fused-ring (bicyclic) bond motifs is 4. The van der Waals surface area contributed by atoms with Crippen LogP contribution in [0.25, 0.3) is 67.2 Å². The summed E-state index contributed by atoms with van der Waals surface area (Å²) in [7, 11) is 2.11. The molecular weight excluding hydrogens is 673 g/mol. The predicted molar refractivity (Wildman–Crippen MR) is 228 cm³/mol. The molecule has 5 nitrogen and oxygen atoms in total. The molecule has 0 amide bonds. The van der Waals surface area contributed by atoms with Crippen LogP contribution >= 0.6 is 0 Å². The van der Waals surface area contributed by atoms with E-state index in [-0.39, 0.29) is 5.41 Å². The molecule has 266 valence electrons. The monoisotopic (exact) mass is 712 g/mol. The molecule has 0 unspecified atom stereocenters. The van der Waals surface area contributed by atoms with Crippen LogP contribution in [-0.2, 0) is 5.41 Å². The van der Waals surface area contributed by atoms with Crippen molar-refractivity contribution >= 4 is 44.5 Å². The van der Waals surface area contributed by atoms with Crippen LogP contribution in [0, 0.1) is 0 Å². The van der Waals surface area contributed by atoms with E-state index in [1.54, 1.807) is 0 Å². The second kappa shape index (κ2) is 13.5. The number of benzene rings is 6. The first kappa shape index (κ1) is 34.0. The lowest BCUT2D eigenvalue weighted by Crippen LogP contribution is -2.14. The molecule has 2 heterocycles. The summed E-state index contributed by atoms with van der Waals surface area (Å²) in [5, 5.41) is 2.01. The molecule has 55 heavy (non-hydrogen) atoms. The van der Waals surface area contributed by atoms with Crippen molar-refractivity contribution in [3.05, 3.63) is 187 Å². The second-order valence-electron chi connectivity index (χ2n) is 14.5. The first-order valence-corrected chi connectivity index (χ1v) is 18.6. The number of para-hydroxylation sites is 2. The highest BCUT2D eigenvalue weighted by Crippen LogP contribution is 2.50. The van der Waals surface area contributed by atoms with E-state index in [4.69, 9.17) is 19.4 Å². The lowest BCUT2D eigenvalue weighted by molar-refractivity contribution is 0.659. The summed E-state index contributed by atoms with van der Waals surface area (Å²) in [4.78, 5) is 17.1. The van der Waals surface area contributed by atoms with Gasteiger partial charge >= 0.3 is 0 Å². The van der Waals surface area contributed by atoms with Crippen LogP contribution in [0.5, 0.6) is 0 Å². The molecule has 0 spiro atoms. The summed E-state index contributed by atoms with van der Waals surface area (Å²) >= 11 is 0. The van der Waals surface area contributed by atoms with Crippen molar-refractivity contribution < 1.29 is 4.42 Å². The summed E-state index contributed by atoms with van der Waals surface area (Å²) in [6.07, 6.45) is 4.51. The Hall–Kier alpha value is -6.85. The molecule has 0 atom stereocenters. The van der Waals surface area contributed by atoms with E-state index in [2.05, 4.69) is 124 Å². The van der Waals surface area contributed by atoms with Crippen LogP contribution in [-0.4, -0.2) is 22.0 Å². The largest absolute Gasteiger partial charge is 0.455 e. The van der Waals surface area contributed by atoms with E-state index in [1.807, 2.05) is 72.8 Å². The number of rotatable bonds is 7. The molecule has 9 rings (SSSR count). The molecule has 2 aromatic heterocycles. The van der Waals surface area contributed by atoms with Crippen LogP contribution in [0.2, 0.25) is 0 Å². The third-order valence-electron chi connectivity index (χ3n) is 10.9. The van der Waals surface area contributed by atoms with Crippen molar-refractivity contribution in [2.45, 2.75) is 26.2 Å². The number of hydrogen-bond acceptors (Lipinski definition) is 5. The predicted octanol–water partition coefficient (Wildman–Crippen LogP) is 12.9. The van der Waals surface area contributed by atoms with E-state index < -0.39 is 0 Å². The van der Waals surface area contributed by atoms with Gasteiger partial charge in [-0.1, -0.05) is 142 Å². The maximum atomic E-state index is 6.63. The van der Waals surface area contributed by atoms with Gasteiger partial charge in [0.15, 0.2) is 17.5 Å². The minimum Gasteiger partial charge on any atom is -0.455 e. The van der Waals surface area contributed by atoms with Crippen molar-refractivity contribution in [2.75, 3.05) is 11.9 Å². The quantitative estimate of drug-likeness (QED) is 0.165. The molecular formula is C50H40N4O. The molecule has 0 saturated heterocycles. The van der Waals surface area contributed by atoms with Gasteiger partial charge in [-0.2, -0.15) is 0 Å². The Morgan fingerprint density at radius 1 is 0.655 bits per heavy atom. The molecule has 8 aromatic rings. The Morgan fingerprint density at radius 2 is 1.27 bits per heavy atom. The van der Waals surface area contributed by atoms with Crippen LogP contribution in [0.1, 0.15) is 37.5 Å². The average molecular weight is 713 g/mol. The molecule has 0 bridgehead atoms. The van der Waals surface area contributed by atoms with Gasteiger partial charge in [0.25, 0.3) is 0 Å². The van der Waals surface area contributed by atoms with Crippen LogP contribution < -0.4 is 4.90 Å². The SMILES string of the molecule is C=C(/C=C1\C(=C/C)C(C)(C)c2ccccc21)c1ccccc1N(C)c1ccc2oc3c(-c4nc(-c5ccccc5)nc(-c5ccccc5)n4)cccc3c2c1. The smallest absolute Gasteiger partial charge is 0.167 e. The zero-order valence-corrected chi connectivity index (χ0v) is 31.4. The third kappa shape index (κ3) is 5.85. The maximum absolute atomic E-state index is 6.63. The fourth-order valence-corrected chi connectivity index (χ4v) is 8.09. The van der Waals surface area contributed by atoms with Gasteiger partial charge < -0.3 is 9.32 Å². The zero-order chi connectivity index (χ0) is 37.7. The molecule has 0 radical (unpaired) electrons. The molecule has 0 N–H and O–H groups in total. The van der Waals surface area contributed by atoms with Gasteiger partial charge in [0.2, 0.25) is 0 Å². The summed E-state index contributed by atoms with van der Waals surface area (Å²) in [6.45, 7) is 11.4. The van der Waals surface area contributed by atoms with E-state index in [0.29, 0.717) is 17.5 Å². The van der Waals surface area contributed by atoms with E-state index in [1.165, 1.54) is 22.3 Å². The van der Waals surface area contributed by atoms with Crippen molar-refractivity contribution in [1.29, 1.82) is 0 Å². The molecule has 5 heteroatoms. The van der Waals surface area contributed by atoms with Gasteiger partial charge in [-0.3, -0.25) is 0 Å². The van der Waals surface area contributed by atoms with Gasteiger partial charge in [-0.05, 0) is 71.2 Å². The second-order valence-corrected chi connectivity index (χ2v) is 14.5. The number of furan rings is 1. The Morgan fingerprint density at radius 3 is 1.98 bits per heavy atom. The van der Waals surface area contributed by atoms with E-state index in [9.17, 15) is 0 Å². The van der Waals surface area contributed by atoms with Crippen LogP contribution in [0.3, 0.4) is 0 Å². The highest BCUT2D eigenvalue weighted by atomic mass is 16.3. The Balaban J connectivity index is 1.11. The van der Waals surface area contributed by atoms with Gasteiger partial charge in [0.05, 0.1) is 5.56 Å². The van der Waals surface area contributed by atoms with Crippen molar-refractivity contribution in [1.82, 2.24) is 15.0 Å². The third-order valence-corrected chi connectivity index (χ3v) is 10.9. The first-order chi connectivity index (χ1) is 26.8. The molecule has 0 aliphatic heterocycles. The number of hydrogen-bond donors (Lipinski definition) is 0. The topological polar surface area (TPSA) is 55.1 Å². The normalized spacial score (nSPS) is 14.8. The maximum Gasteiger partial charge on any atom is 0.167 e. The first-order valence-electron chi connectivity index (χ1n) is 18.6. The van der Waals surface area contributed by atoms with Crippen molar-refractivity contribution in [2.24, 2.45) is 0 Å². The molecule has 0 saturated carbocycles. The fourth-order valence-electron chi connectivity index (χ4n) is 8.09. The number of anilines is 2. The minimum atomic E-state index is -0.0751. The van der Waals surface area contributed by atoms with Crippen molar-refractivity contribution in [3.8, 4) is 34.2 Å². The lowest BCUT2D eigenvalue weighted by atomic mass is 9.82. The van der Waals surface area contributed by atoms with Crippen LogP contribution in [0.4, 0.5) is 11.4 Å². The number of aromatic nitrogens is 3. The summed E-state index contributed by atoms with van der Waals surface area (Å²) in [5.41, 5.74) is 13.4. The Labute approximate surface area is 321 Å². The van der Waals surface area contributed by atoms with Crippen LogP contribution in [0.15, 0.2) is 174 Å². The summed E-state index contributed by atoms with van der Waals surface area (Å²) in [5.74, 6) is 1.78. The number of allylic oxidation sites excluding steroid dienone is 5.